The van der Waals surface area contributed by atoms with E-state index in [2.05, 4.69) is 38.1 Å². The minimum absolute atomic E-state index is 0.144. The van der Waals surface area contributed by atoms with Crippen molar-refractivity contribution >= 4 is 23.8 Å². The Morgan fingerprint density at radius 3 is 2.82 bits per heavy atom. The number of aromatic amines is 1. The summed E-state index contributed by atoms with van der Waals surface area (Å²) in [5.41, 5.74) is 3.85. The first-order chi connectivity index (χ1) is 13.4. The highest BCUT2D eigenvalue weighted by Crippen LogP contribution is 2.36. The number of nitrogens with one attached hydrogen (secondary N) is 2. The molecule has 1 aliphatic rings. The normalized spacial score (nSPS) is 12.4. The summed E-state index contributed by atoms with van der Waals surface area (Å²) in [5, 5.41) is 16.2. The predicted octanol–water partition coefficient (Wildman–Crippen LogP) is 0.683. The highest BCUT2D eigenvalue weighted by atomic mass is 16.5. The van der Waals surface area contributed by atoms with Crippen LogP contribution < -0.4 is 26.6 Å². The standard InChI is InChI=1S/C19H20N6O3/c1-10-6-14-15(7-11(10)2)25(5-4-20-9-13-8-16(26)24-28-13)18-17(23-14)19(27)22-12(3)21-18/h6-8,20H,3-5,9H2,1-2H3,(H,22,27)(H,24,26). The molecule has 0 amide bonds. The van der Waals surface area contributed by atoms with Gasteiger partial charge in [-0.25, -0.2) is 9.98 Å². The van der Waals surface area contributed by atoms with E-state index in [9.17, 15) is 9.90 Å². The Morgan fingerprint density at radius 2 is 2.07 bits per heavy atom. The lowest BCUT2D eigenvalue weighted by molar-refractivity contribution is 0.336. The maximum Gasteiger partial charge on any atom is 0.279 e. The minimum atomic E-state index is -0.311. The lowest BCUT2D eigenvalue weighted by atomic mass is 10.1. The number of hydrogen-bond acceptors (Lipinski definition) is 8. The van der Waals surface area contributed by atoms with Gasteiger partial charge in [0.2, 0.25) is 0 Å². The van der Waals surface area contributed by atoms with Crippen molar-refractivity contribution in [2.75, 3.05) is 18.0 Å². The van der Waals surface area contributed by atoms with E-state index in [1.165, 1.54) is 6.07 Å². The van der Waals surface area contributed by atoms with Gasteiger partial charge in [-0.05, 0) is 42.3 Å². The molecule has 4 rings (SSSR count). The second-order valence-corrected chi connectivity index (χ2v) is 6.70. The van der Waals surface area contributed by atoms with E-state index in [4.69, 9.17) is 4.52 Å². The van der Waals surface area contributed by atoms with Gasteiger partial charge in [-0.3, -0.25) is 4.79 Å². The fourth-order valence-corrected chi connectivity index (χ4v) is 3.13. The van der Waals surface area contributed by atoms with Crippen LogP contribution in [-0.4, -0.2) is 33.3 Å². The highest BCUT2D eigenvalue weighted by Gasteiger charge is 2.23. The van der Waals surface area contributed by atoms with Crippen LogP contribution in [0, 0.1) is 13.8 Å². The molecule has 0 aliphatic carbocycles. The molecule has 0 bridgehead atoms. The van der Waals surface area contributed by atoms with Gasteiger partial charge < -0.3 is 24.8 Å². The molecule has 3 aromatic rings. The summed E-state index contributed by atoms with van der Waals surface area (Å²) in [6.07, 6.45) is 0. The number of benzene rings is 1. The summed E-state index contributed by atoms with van der Waals surface area (Å²) >= 11 is 0. The molecule has 9 heteroatoms. The van der Waals surface area contributed by atoms with E-state index >= 15 is 0 Å². The van der Waals surface area contributed by atoms with Crippen molar-refractivity contribution in [1.29, 1.82) is 0 Å². The first-order valence-electron chi connectivity index (χ1n) is 8.84. The SMILES string of the molecule is C=c1nc2c(c(=O)[nH]1)=Nc1cc(C)c(C)cc1N2CCNCc1cc(O)no1. The molecule has 0 atom stereocenters. The topological polar surface area (TPSA) is 120 Å². The van der Waals surface area contributed by atoms with Crippen LogP contribution in [0.1, 0.15) is 16.9 Å². The average molecular weight is 380 g/mol. The van der Waals surface area contributed by atoms with Gasteiger partial charge in [-0.15, -0.1) is 0 Å². The van der Waals surface area contributed by atoms with Crippen LogP contribution in [0.5, 0.6) is 5.88 Å². The number of anilines is 2. The first-order valence-corrected chi connectivity index (χ1v) is 8.84. The Morgan fingerprint density at radius 1 is 1.29 bits per heavy atom. The Bertz CT molecular complexity index is 1210. The molecule has 0 spiro atoms. The number of hydrogen-bond donors (Lipinski definition) is 3. The summed E-state index contributed by atoms with van der Waals surface area (Å²) in [4.78, 5) is 25.9. The van der Waals surface area contributed by atoms with Crippen LogP contribution in [0.2, 0.25) is 0 Å². The van der Waals surface area contributed by atoms with Gasteiger partial charge in [0.05, 0.1) is 17.9 Å². The summed E-state index contributed by atoms with van der Waals surface area (Å²) < 4.78 is 4.97. The van der Waals surface area contributed by atoms with Crippen LogP contribution in [0.4, 0.5) is 17.2 Å². The van der Waals surface area contributed by atoms with E-state index in [1.54, 1.807) is 0 Å². The molecule has 0 unspecified atom stereocenters. The molecule has 1 aliphatic heterocycles. The molecule has 0 fully saturated rings. The zero-order valence-electron chi connectivity index (χ0n) is 15.6. The molecule has 0 saturated carbocycles. The van der Waals surface area contributed by atoms with Gasteiger partial charge in [0.15, 0.2) is 16.9 Å². The number of fused-ring (bicyclic) bond motifs is 2. The van der Waals surface area contributed by atoms with Gasteiger partial charge in [-0.2, -0.15) is 0 Å². The van der Waals surface area contributed by atoms with Crippen LogP contribution in [-0.2, 0) is 6.54 Å². The first kappa shape index (κ1) is 17.9. The lowest BCUT2D eigenvalue weighted by Gasteiger charge is -2.28. The van der Waals surface area contributed by atoms with Gasteiger partial charge >= 0.3 is 0 Å². The smallest absolute Gasteiger partial charge is 0.279 e. The van der Waals surface area contributed by atoms with Gasteiger partial charge in [-0.1, -0.05) is 6.58 Å². The third-order valence-corrected chi connectivity index (χ3v) is 4.65. The maximum atomic E-state index is 12.4. The van der Waals surface area contributed by atoms with Crippen LogP contribution in [0.25, 0.3) is 6.58 Å². The van der Waals surface area contributed by atoms with Gasteiger partial charge in [0.25, 0.3) is 11.4 Å². The molecular weight excluding hydrogens is 360 g/mol. The summed E-state index contributed by atoms with van der Waals surface area (Å²) in [5.74, 6) is 0.881. The fraction of sp³-hybridized carbons (Fsp3) is 0.263. The zero-order chi connectivity index (χ0) is 19.8. The lowest BCUT2D eigenvalue weighted by Crippen LogP contribution is -2.43. The summed E-state index contributed by atoms with van der Waals surface area (Å²) in [6.45, 7) is 9.35. The molecule has 144 valence electrons. The Hall–Kier alpha value is -3.46. The van der Waals surface area contributed by atoms with Crippen molar-refractivity contribution in [1.82, 2.24) is 20.4 Å². The number of H-pyrrole nitrogens is 1. The van der Waals surface area contributed by atoms with Crippen molar-refractivity contribution in [3.05, 3.63) is 56.3 Å². The summed E-state index contributed by atoms with van der Waals surface area (Å²) in [7, 11) is 0. The largest absolute Gasteiger partial charge is 0.491 e. The van der Waals surface area contributed by atoms with Crippen molar-refractivity contribution in [2.45, 2.75) is 20.4 Å². The van der Waals surface area contributed by atoms with Crippen molar-refractivity contribution in [3.8, 4) is 5.88 Å². The number of rotatable bonds is 5. The Labute approximate surface area is 160 Å². The van der Waals surface area contributed by atoms with Crippen LogP contribution in [0.15, 0.2) is 32.5 Å². The molecule has 9 nitrogen and oxygen atoms in total. The van der Waals surface area contributed by atoms with Gasteiger partial charge in [0, 0.05) is 19.2 Å². The number of aromatic hydroxyl groups is 1. The van der Waals surface area contributed by atoms with E-state index in [0.717, 1.165) is 22.5 Å². The molecule has 3 heterocycles. The third-order valence-electron chi connectivity index (χ3n) is 4.65. The molecule has 2 aromatic heterocycles. The average Bonchev–Trinajstić information content (AvgIpc) is 3.05. The van der Waals surface area contributed by atoms with E-state index in [0.29, 0.717) is 36.7 Å². The Balaban J connectivity index is 1.66. The monoisotopic (exact) mass is 380 g/mol. The molecule has 1 aromatic carbocycles. The van der Waals surface area contributed by atoms with Crippen molar-refractivity contribution in [2.24, 2.45) is 4.99 Å². The van der Waals surface area contributed by atoms with E-state index in [1.807, 2.05) is 24.8 Å². The van der Waals surface area contributed by atoms with E-state index < -0.39 is 0 Å². The third kappa shape index (κ3) is 3.27. The molecule has 3 N–H and O–H groups in total. The Kier molecular flexibility index (Phi) is 4.44. The molecule has 28 heavy (non-hydrogen) atoms. The molecule has 0 radical (unpaired) electrons. The maximum absolute atomic E-state index is 12.4. The second kappa shape index (κ2) is 6.93. The van der Waals surface area contributed by atoms with Crippen LogP contribution in [0.3, 0.4) is 0 Å². The molecule has 0 saturated heterocycles. The highest BCUT2D eigenvalue weighted by molar-refractivity contribution is 5.77. The second-order valence-electron chi connectivity index (χ2n) is 6.70. The number of aryl methyl sites for hydroxylation is 2. The van der Waals surface area contributed by atoms with Crippen molar-refractivity contribution < 1.29 is 9.63 Å². The van der Waals surface area contributed by atoms with Crippen molar-refractivity contribution in [3.63, 3.8) is 0 Å². The quantitative estimate of drug-likeness (QED) is 0.557. The van der Waals surface area contributed by atoms with E-state index in [-0.39, 0.29) is 16.8 Å². The fourth-order valence-electron chi connectivity index (χ4n) is 3.13. The van der Waals surface area contributed by atoms with Crippen LogP contribution >= 0.6 is 0 Å². The molecular formula is C19H20N6O3. The van der Waals surface area contributed by atoms with Gasteiger partial charge in [0.1, 0.15) is 5.48 Å². The zero-order valence-corrected chi connectivity index (χ0v) is 15.6. The number of nitrogens with zero attached hydrogens (tertiary/aromatic N) is 4. The predicted molar refractivity (Wildman–Crippen MR) is 104 cm³/mol. The number of aromatic nitrogens is 3. The summed E-state index contributed by atoms with van der Waals surface area (Å²) in [6, 6.07) is 5.49. The minimum Gasteiger partial charge on any atom is -0.491 e.